The summed E-state index contributed by atoms with van der Waals surface area (Å²) < 4.78 is 8.34. The second-order valence-corrected chi connectivity index (χ2v) is 9.17. The zero-order chi connectivity index (χ0) is 25.9. The van der Waals surface area contributed by atoms with Gasteiger partial charge in [-0.2, -0.15) is 9.78 Å². The van der Waals surface area contributed by atoms with E-state index in [-0.39, 0.29) is 17.4 Å². The van der Waals surface area contributed by atoms with Crippen molar-refractivity contribution in [3.05, 3.63) is 94.0 Å². The van der Waals surface area contributed by atoms with Crippen LogP contribution in [0.2, 0.25) is 0 Å². The second-order valence-electron chi connectivity index (χ2n) is 9.17. The van der Waals surface area contributed by atoms with Crippen molar-refractivity contribution in [2.24, 2.45) is 0 Å². The number of hydrogen-bond donors (Lipinski definition) is 0. The summed E-state index contributed by atoms with van der Waals surface area (Å²) in [6.07, 6.45) is 3.45. The highest BCUT2D eigenvalue weighted by Gasteiger charge is 2.30. The third-order valence-corrected chi connectivity index (χ3v) is 6.66. The standard InChI is InChI=1S/C28H29N5O4/c1-20-8-10-21(11-9-20)26(34)31-12-14-32(15-13-31)27(35)23-18-30(16-17-37-2)19-24-25(23)29-33(28(24)36)22-6-4-3-5-7-22/h3-11,18-19H,12-17H2,1-2H3. The molecular weight excluding hydrogens is 470 g/mol. The zero-order valence-corrected chi connectivity index (χ0v) is 21.0. The van der Waals surface area contributed by atoms with Crippen LogP contribution in [0.4, 0.5) is 0 Å². The number of hydrogen-bond acceptors (Lipinski definition) is 5. The van der Waals surface area contributed by atoms with Crippen LogP contribution in [0.15, 0.2) is 71.8 Å². The molecule has 3 aliphatic heterocycles. The number of carbonyl (C=O) groups is 2. The van der Waals surface area contributed by atoms with Gasteiger partial charge in [0.15, 0.2) is 0 Å². The summed E-state index contributed by atoms with van der Waals surface area (Å²) in [7, 11) is 1.61. The number of carbonyl (C=O) groups excluding carboxylic acids is 2. The van der Waals surface area contributed by atoms with Crippen molar-refractivity contribution in [1.82, 2.24) is 24.1 Å². The van der Waals surface area contributed by atoms with Crippen LogP contribution in [-0.2, 0) is 11.3 Å². The van der Waals surface area contributed by atoms with Gasteiger partial charge >= 0.3 is 0 Å². The lowest BCUT2D eigenvalue weighted by atomic mass is 10.1. The molecule has 3 aliphatic rings. The Bertz CT molecular complexity index is 1430. The Morgan fingerprint density at radius 1 is 0.892 bits per heavy atom. The van der Waals surface area contributed by atoms with Crippen LogP contribution in [0.1, 0.15) is 26.3 Å². The first-order chi connectivity index (χ1) is 18.0. The molecule has 37 heavy (non-hydrogen) atoms. The molecule has 2 aromatic carbocycles. The highest BCUT2D eigenvalue weighted by Crippen LogP contribution is 2.24. The van der Waals surface area contributed by atoms with Gasteiger partial charge in [0.05, 0.1) is 23.4 Å². The van der Waals surface area contributed by atoms with Crippen LogP contribution >= 0.6 is 0 Å². The second kappa shape index (κ2) is 10.4. The van der Waals surface area contributed by atoms with Crippen LogP contribution < -0.4 is 5.56 Å². The average Bonchev–Trinajstić information content (AvgIpc) is 3.28. The number of rotatable bonds is 6. The molecule has 0 atom stereocenters. The van der Waals surface area contributed by atoms with E-state index in [1.807, 2.05) is 49.4 Å². The fraction of sp³-hybridized carbons (Fsp3) is 0.286. The Balaban J connectivity index is 1.42. The van der Waals surface area contributed by atoms with Crippen LogP contribution in [0, 0.1) is 6.92 Å². The van der Waals surface area contributed by atoms with Gasteiger partial charge in [-0.1, -0.05) is 35.9 Å². The Morgan fingerprint density at radius 2 is 1.54 bits per heavy atom. The Hall–Kier alpha value is -4.24. The van der Waals surface area contributed by atoms with Crippen molar-refractivity contribution in [3.63, 3.8) is 0 Å². The third-order valence-electron chi connectivity index (χ3n) is 6.66. The molecule has 190 valence electrons. The van der Waals surface area contributed by atoms with Gasteiger partial charge in [-0.3, -0.25) is 14.4 Å². The summed E-state index contributed by atoms with van der Waals surface area (Å²) in [4.78, 5) is 43.4. The molecule has 0 spiro atoms. The first kappa shape index (κ1) is 24.5. The number of pyridine rings is 1. The maximum absolute atomic E-state index is 13.7. The number of piperazine rings is 1. The molecule has 0 N–H and O–H groups in total. The molecule has 1 fully saturated rings. The lowest BCUT2D eigenvalue weighted by Crippen LogP contribution is -2.50. The number of nitrogens with zero attached hydrogens (tertiary/aromatic N) is 5. The van der Waals surface area contributed by atoms with Crippen LogP contribution in [0.3, 0.4) is 0 Å². The molecule has 0 aliphatic carbocycles. The van der Waals surface area contributed by atoms with Crippen LogP contribution in [0.25, 0.3) is 16.9 Å². The third kappa shape index (κ3) is 4.90. The van der Waals surface area contributed by atoms with E-state index in [1.165, 1.54) is 4.68 Å². The molecule has 2 aromatic rings. The van der Waals surface area contributed by atoms with E-state index in [9.17, 15) is 14.4 Å². The molecule has 0 bridgehead atoms. The van der Waals surface area contributed by atoms with E-state index >= 15 is 0 Å². The summed E-state index contributed by atoms with van der Waals surface area (Å²) in [5.41, 5.74) is 3.19. The number of methoxy groups -OCH3 is 1. The van der Waals surface area contributed by atoms with E-state index in [2.05, 4.69) is 5.10 Å². The lowest BCUT2D eigenvalue weighted by Gasteiger charge is -2.35. The molecule has 0 radical (unpaired) electrons. The molecular formula is C28H29N5O4. The monoisotopic (exact) mass is 499 g/mol. The first-order valence-corrected chi connectivity index (χ1v) is 12.3. The van der Waals surface area contributed by atoms with Gasteiger partial charge in [0.1, 0.15) is 5.69 Å². The van der Waals surface area contributed by atoms with E-state index in [4.69, 9.17) is 4.74 Å². The first-order valence-electron chi connectivity index (χ1n) is 12.3. The van der Waals surface area contributed by atoms with Crippen molar-refractivity contribution in [2.75, 3.05) is 39.9 Å². The molecule has 3 heterocycles. The van der Waals surface area contributed by atoms with Gasteiger partial charge in [-0.15, -0.1) is 0 Å². The van der Waals surface area contributed by atoms with Gasteiger partial charge < -0.3 is 19.1 Å². The van der Waals surface area contributed by atoms with Crippen molar-refractivity contribution < 1.29 is 14.3 Å². The number of amides is 2. The molecule has 9 heteroatoms. The maximum Gasteiger partial charge on any atom is 0.282 e. The highest BCUT2D eigenvalue weighted by atomic mass is 16.5. The van der Waals surface area contributed by atoms with Gasteiger partial charge in [-0.25, -0.2) is 0 Å². The van der Waals surface area contributed by atoms with Crippen molar-refractivity contribution >= 4 is 11.8 Å². The fourth-order valence-corrected chi connectivity index (χ4v) is 4.55. The molecule has 0 aromatic heterocycles. The summed E-state index contributed by atoms with van der Waals surface area (Å²) in [6.45, 7) is 4.57. The number of aryl methyl sites for hydroxylation is 1. The van der Waals surface area contributed by atoms with Crippen LogP contribution in [0.5, 0.6) is 0 Å². The minimum atomic E-state index is -0.282. The maximum atomic E-state index is 13.7. The Kier molecular flexibility index (Phi) is 6.87. The smallest absolute Gasteiger partial charge is 0.282 e. The quantitative estimate of drug-likeness (QED) is 0.407. The van der Waals surface area contributed by atoms with Crippen LogP contribution in [-0.4, -0.2) is 75.9 Å². The molecule has 9 nitrogen and oxygen atoms in total. The van der Waals surface area contributed by atoms with Crippen molar-refractivity contribution in [1.29, 1.82) is 0 Å². The predicted molar refractivity (Wildman–Crippen MR) is 139 cm³/mol. The van der Waals surface area contributed by atoms with Crippen molar-refractivity contribution in [3.8, 4) is 16.9 Å². The van der Waals surface area contributed by atoms with E-state index in [0.29, 0.717) is 67.4 Å². The molecule has 1 saturated heterocycles. The van der Waals surface area contributed by atoms with E-state index in [0.717, 1.165) is 5.56 Å². The zero-order valence-electron chi connectivity index (χ0n) is 21.0. The number of para-hydroxylation sites is 1. The normalized spacial score (nSPS) is 13.8. The minimum absolute atomic E-state index is 0.0378. The summed E-state index contributed by atoms with van der Waals surface area (Å²) in [5.74, 6) is -0.249. The largest absolute Gasteiger partial charge is 0.383 e. The Labute approximate surface area is 214 Å². The number of ether oxygens (including phenoxy) is 1. The Morgan fingerprint density at radius 3 is 2.19 bits per heavy atom. The van der Waals surface area contributed by atoms with Gasteiger partial charge in [0.25, 0.3) is 17.4 Å². The van der Waals surface area contributed by atoms with E-state index in [1.54, 1.807) is 46.0 Å². The lowest BCUT2D eigenvalue weighted by molar-refractivity contribution is 0.0535. The number of aromatic nitrogens is 3. The summed E-state index contributed by atoms with van der Waals surface area (Å²) >= 11 is 0. The predicted octanol–water partition coefficient (Wildman–Crippen LogP) is 2.69. The van der Waals surface area contributed by atoms with E-state index < -0.39 is 0 Å². The van der Waals surface area contributed by atoms with Gasteiger partial charge in [0, 0.05) is 57.8 Å². The molecule has 0 saturated carbocycles. The summed E-state index contributed by atoms with van der Waals surface area (Å²) in [6, 6.07) is 16.7. The number of benzene rings is 2. The minimum Gasteiger partial charge on any atom is -0.383 e. The van der Waals surface area contributed by atoms with Gasteiger partial charge in [-0.05, 0) is 31.2 Å². The van der Waals surface area contributed by atoms with Gasteiger partial charge in [0.2, 0.25) is 0 Å². The molecule has 0 unspecified atom stereocenters. The topological polar surface area (TPSA) is 89.7 Å². The number of fused-ring (bicyclic) bond motifs is 1. The molecule has 2 amide bonds. The SMILES string of the molecule is COCCn1cc(C(=O)N2CCN(C(=O)c3ccc(C)cc3)CC2)c2nn(-c3ccccc3)c(=O)c-2c1. The fourth-order valence-electron chi connectivity index (χ4n) is 4.55. The van der Waals surface area contributed by atoms with Crippen molar-refractivity contribution in [2.45, 2.75) is 13.5 Å². The highest BCUT2D eigenvalue weighted by molar-refractivity contribution is 6.00. The average molecular weight is 500 g/mol. The summed E-state index contributed by atoms with van der Waals surface area (Å²) in [5, 5.41) is 4.56. The molecule has 5 rings (SSSR count).